The van der Waals surface area contributed by atoms with E-state index >= 15 is 0 Å². The molecule has 1 aliphatic rings. The predicted molar refractivity (Wildman–Crippen MR) is 62.4 cm³/mol. The lowest BCUT2D eigenvalue weighted by molar-refractivity contribution is 0.0751. The summed E-state index contributed by atoms with van der Waals surface area (Å²) in [6, 6.07) is 6.15. The number of benzene rings is 1. The van der Waals surface area contributed by atoms with Gasteiger partial charge in [0.25, 0.3) is 0 Å². The molecule has 3 heteroatoms. The van der Waals surface area contributed by atoms with Gasteiger partial charge in [-0.1, -0.05) is 13.0 Å². The fraction of sp³-hybridized carbons (Fsp3) is 0.417. The maximum atomic E-state index is 5.94. The number of nitrogens with zero attached hydrogens (tertiary/aromatic N) is 1. The molecule has 0 bridgehead atoms. The zero-order chi connectivity index (χ0) is 10.3. The average molecular weight is 219 g/mol. The van der Waals surface area contributed by atoms with Crippen LogP contribution in [0.25, 0.3) is 10.2 Å². The Kier molecular flexibility index (Phi) is 2.13. The van der Waals surface area contributed by atoms with Gasteiger partial charge in [0.1, 0.15) is 11.3 Å². The minimum atomic E-state index is 0.410. The Bertz CT molecular complexity index is 473. The molecule has 78 valence electrons. The third kappa shape index (κ3) is 1.61. The van der Waals surface area contributed by atoms with E-state index in [2.05, 4.69) is 18.0 Å². The molecule has 0 amide bonds. The summed E-state index contributed by atoms with van der Waals surface area (Å²) in [5, 5.41) is 0. The quantitative estimate of drug-likeness (QED) is 0.771. The number of thiazole rings is 1. The molecule has 1 saturated carbocycles. The minimum absolute atomic E-state index is 0.410. The number of aromatic nitrogens is 1. The molecule has 1 heterocycles. The van der Waals surface area contributed by atoms with Crippen molar-refractivity contribution in [3.05, 3.63) is 23.7 Å². The van der Waals surface area contributed by atoms with Gasteiger partial charge in [-0.25, -0.2) is 4.98 Å². The van der Waals surface area contributed by atoms with E-state index in [0.717, 1.165) is 17.2 Å². The van der Waals surface area contributed by atoms with Gasteiger partial charge >= 0.3 is 0 Å². The Balaban J connectivity index is 1.87. The highest BCUT2D eigenvalue weighted by Gasteiger charge is 2.27. The van der Waals surface area contributed by atoms with Crippen molar-refractivity contribution in [1.82, 2.24) is 4.98 Å². The zero-order valence-electron chi connectivity index (χ0n) is 8.64. The Labute approximate surface area is 92.9 Å². The predicted octanol–water partition coefficient (Wildman–Crippen LogP) is 3.47. The maximum Gasteiger partial charge on any atom is 0.146 e. The van der Waals surface area contributed by atoms with Gasteiger partial charge in [0, 0.05) is 0 Å². The standard InChI is InChI=1S/C12H13NOS/c1-8-5-9(6-8)14-10-3-2-4-11-12(10)13-7-15-11/h2-4,7-9H,5-6H2,1H3. The highest BCUT2D eigenvalue weighted by atomic mass is 32.1. The van der Waals surface area contributed by atoms with Crippen LogP contribution in [-0.4, -0.2) is 11.1 Å². The van der Waals surface area contributed by atoms with Gasteiger partial charge in [-0.3, -0.25) is 0 Å². The summed E-state index contributed by atoms with van der Waals surface area (Å²) in [5.41, 5.74) is 2.89. The van der Waals surface area contributed by atoms with Crippen LogP contribution in [0.1, 0.15) is 19.8 Å². The summed E-state index contributed by atoms with van der Waals surface area (Å²) in [7, 11) is 0. The lowest BCUT2D eigenvalue weighted by Gasteiger charge is -2.32. The first-order chi connectivity index (χ1) is 7.33. The van der Waals surface area contributed by atoms with Crippen LogP contribution in [-0.2, 0) is 0 Å². The molecule has 0 aliphatic heterocycles. The highest BCUT2D eigenvalue weighted by molar-refractivity contribution is 7.16. The van der Waals surface area contributed by atoms with Crippen LogP contribution in [0.5, 0.6) is 5.75 Å². The van der Waals surface area contributed by atoms with Crippen molar-refractivity contribution >= 4 is 21.6 Å². The van der Waals surface area contributed by atoms with E-state index in [1.54, 1.807) is 11.3 Å². The van der Waals surface area contributed by atoms with Crippen molar-refractivity contribution in [2.75, 3.05) is 0 Å². The molecule has 0 atom stereocenters. The molecule has 0 spiro atoms. The van der Waals surface area contributed by atoms with E-state index in [9.17, 15) is 0 Å². The van der Waals surface area contributed by atoms with Crippen molar-refractivity contribution in [3.8, 4) is 5.75 Å². The smallest absolute Gasteiger partial charge is 0.146 e. The summed E-state index contributed by atoms with van der Waals surface area (Å²) in [6.07, 6.45) is 2.77. The lowest BCUT2D eigenvalue weighted by Crippen LogP contribution is -2.31. The Morgan fingerprint density at radius 3 is 3.07 bits per heavy atom. The van der Waals surface area contributed by atoms with Crippen LogP contribution >= 0.6 is 11.3 Å². The van der Waals surface area contributed by atoms with E-state index in [4.69, 9.17) is 4.74 Å². The number of ether oxygens (including phenoxy) is 1. The van der Waals surface area contributed by atoms with Gasteiger partial charge in [0.05, 0.1) is 16.3 Å². The fourth-order valence-corrected chi connectivity index (χ4v) is 2.75. The zero-order valence-corrected chi connectivity index (χ0v) is 9.46. The van der Waals surface area contributed by atoms with Gasteiger partial charge in [0.2, 0.25) is 0 Å². The Morgan fingerprint density at radius 1 is 1.40 bits per heavy atom. The molecule has 1 aromatic heterocycles. The average Bonchev–Trinajstić information content (AvgIpc) is 2.64. The van der Waals surface area contributed by atoms with E-state index in [1.807, 2.05) is 17.6 Å². The first-order valence-electron chi connectivity index (χ1n) is 5.32. The van der Waals surface area contributed by atoms with Crippen molar-refractivity contribution in [2.24, 2.45) is 5.92 Å². The normalized spacial score (nSPS) is 25.1. The van der Waals surface area contributed by atoms with Gasteiger partial charge in [-0.15, -0.1) is 11.3 Å². The minimum Gasteiger partial charge on any atom is -0.488 e. The van der Waals surface area contributed by atoms with Gasteiger partial charge in [-0.05, 0) is 30.9 Å². The Hall–Kier alpha value is -1.09. The maximum absolute atomic E-state index is 5.94. The van der Waals surface area contributed by atoms with Crippen LogP contribution in [0.4, 0.5) is 0 Å². The van der Waals surface area contributed by atoms with Crippen molar-refractivity contribution in [2.45, 2.75) is 25.9 Å². The SMILES string of the molecule is CC1CC(Oc2cccc3scnc23)C1. The Morgan fingerprint density at radius 2 is 2.27 bits per heavy atom. The summed E-state index contributed by atoms with van der Waals surface area (Å²) in [5.74, 6) is 1.77. The van der Waals surface area contributed by atoms with Crippen LogP contribution < -0.4 is 4.74 Å². The van der Waals surface area contributed by atoms with Crippen LogP contribution in [0, 0.1) is 5.92 Å². The molecule has 2 nitrogen and oxygen atoms in total. The van der Waals surface area contributed by atoms with E-state index in [1.165, 1.54) is 17.5 Å². The molecule has 2 aromatic rings. The fourth-order valence-electron chi connectivity index (χ4n) is 2.06. The molecule has 1 aliphatic carbocycles. The molecule has 3 rings (SSSR count). The molecular formula is C12H13NOS. The largest absolute Gasteiger partial charge is 0.488 e. The number of rotatable bonds is 2. The third-order valence-electron chi connectivity index (χ3n) is 2.95. The second kappa shape index (κ2) is 3.49. The topological polar surface area (TPSA) is 22.1 Å². The monoisotopic (exact) mass is 219 g/mol. The van der Waals surface area contributed by atoms with E-state index < -0.39 is 0 Å². The molecule has 0 radical (unpaired) electrons. The molecule has 0 unspecified atom stereocenters. The number of fused-ring (bicyclic) bond motifs is 1. The summed E-state index contributed by atoms with van der Waals surface area (Å²) >= 11 is 1.66. The third-order valence-corrected chi connectivity index (χ3v) is 3.74. The van der Waals surface area contributed by atoms with Gasteiger partial charge < -0.3 is 4.74 Å². The van der Waals surface area contributed by atoms with E-state index in [0.29, 0.717) is 6.10 Å². The van der Waals surface area contributed by atoms with Crippen LogP contribution in [0.3, 0.4) is 0 Å². The van der Waals surface area contributed by atoms with Crippen LogP contribution in [0.2, 0.25) is 0 Å². The van der Waals surface area contributed by atoms with Crippen molar-refractivity contribution < 1.29 is 4.74 Å². The molecule has 1 aromatic carbocycles. The van der Waals surface area contributed by atoms with Gasteiger partial charge in [-0.2, -0.15) is 0 Å². The van der Waals surface area contributed by atoms with Crippen LogP contribution in [0.15, 0.2) is 23.7 Å². The number of para-hydroxylation sites is 1. The summed E-state index contributed by atoms with van der Waals surface area (Å²) < 4.78 is 7.14. The van der Waals surface area contributed by atoms with Crippen molar-refractivity contribution in [3.63, 3.8) is 0 Å². The summed E-state index contributed by atoms with van der Waals surface area (Å²) in [4.78, 5) is 4.34. The molecule has 0 saturated heterocycles. The highest BCUT2D eigenvalue weighted by Crippen LogP contribution is 2.34. The molecule has 1 fully saturated rings. The van der Waals surface area contributed by atoms with Crippen molar-refractivity contribution in [1.29, 1.82) is 0 Å². The first-order valence-corrected chi connectivity index (χ1v) is 6.20. The molecular weight excluding hydrogens is 206 g/mol. The van der Waals surface area contributed by atoms with E-state index in [-0.39, 0.29) is 0 Å². The lowest BCUT2D eigenvalue weighted by atomic mass is 9.84. The number of hydrogen-bond acceptors (Lipinski definition) is 3. The summed E-state index contributed by atoms with van der Waals surface area (Å²) in [6.45, 7) is 2.27. The molecule has 0 N–H and O–H groups in total. The second-order valence-corrected chi connectivity index (χ2v) is 5.16. The second-order valence-electron chi connectivity index (χ2n) is 4.27. The van der Waals surface area contributed by atoms with Gasteiger partial charge in [0.15, 0.2) is 0 Å². The number of hydrogen-bond donors (Lipinski definition) is 0. The first kappa shape index (κ1) is 9.16. The molecule has 15 heavy (non-hydrogen) atoms.